The summed E-state index contributed by atoms with van der Waals surface area (Å²) in [6, 6.07) is 8.98. The highest BCUT2D eigenvalue weighted by atomic mass is 19.1. The third kappa shape index (κ3) is 4.31. The summed E-state index contributed by atoms with van der Waals surface area (Å²) in [4.78, 5) is 16.7. The number of carbonyl (C=O) groups is 1. The molecule has 5 nitrogen and oxygen atoms in total. The van der Waals surface area contributed by atoms with Crippen molar-refractivity contribution < 1.29 is 19.0 Å². The molecule has 1 N–H and O–H groups in total. The van der Waals surface area contributed by atoms with Crippen LogP contribution in [0.25, 0.3) is 11.1 Å². The lowest BCUT2D eigenvalue weighted by Crippen LogP contribution is -2.60. The first-order valence-electron chi connectivity index (χ1n) is 13.0. The van der Waals surface area contributed by atoms with Crippen molar-refractivity contribution in [1.29, 1.82) is 0 Å². The molecule has 6 rings (SSSR count). The first-order valence-corrected chi connectivity index (χ1v) is 13.0. The monoisotopic (exact) mass is 480 g/mol. The predicted molar refractivity (Wildman–Crippen MR) is 135 cm³/mol. The fraction of sp³-hybridized carbons (Fsp3) is 0.552. The van der Waals surface area contributed by atoms with Crippen LogP contribution in [0.15, 0.2) is 30.3 Å². The number of piperidine rings is 3. The quantitative estimate of drug-likeness (QED) is 0.528. The number of aryl methyl sites for hydroxylation is 1. The van der Waals surface area contributed by atoms with Gasteiger partial charge < -0.3 is 14.7 Å². The van der Waals surface area contributed by atoms with Gasteiger partial charge in [0.05, 0.1) is 18.7 Å². The lowest BCUT2D eigenvalue weighted by atomic mass is 9.79. The van der Waals surface area contributed by atoms with Crippen LogP contribution >= 0.6 is 0 Å². The van der Waals surface area contributed by atoms with Crippen LogP contribution in [0.3, 0.4) is 0 Å². The fourth-order valence-electron chi connectivity index (χ4n) is 6.68. The van der Waals surface area contributed by atoms with Crippen molar-refractivity contribution in [2.24, 2.45) is 11.3 Å². The Bertz CT molecular complexity index is 1120. The maximum atomic E-state index is 15.6. The molecule has 2 atom stereocenters. The van der Waals surface area contributed by atoms with Crippen LogP contribution in [0.4, 0.5) is 9.18 Å². The molecule has 188 valence electrons. The van der Waals surface area contributed by atoms with E-state index in [0.717, 1.165) is 73.3 Å². The molecule has 6 heteroatoms. The fourth-order valence-corrected chi connectivity index (χ4v) is 6.68. The number of carboxylic acid groups (broad SMARTS) is 1. The third-order valence-corrected chi connectivity index (χ3v) is 8.34. The van der Waals surface area contributed by atoms with Crippen molar-refractivity contribution >= 4 is 6.09 Å². The Labute approximate surface area is 207 Å². The van der Waals surface area contributed by atoms with Crippen LogP contribution in [0, 0.1) is 24.1 Å². The van der Waals surface area contributed by atoms with Gasteiger partial charge in [0, 0.05) is 12.1 Å². The van der Waals surface area contributed by atoms with Crippen molar-refractivity contribution in [3.05, 3.63) is 52.8 Å². The minimum absolute atomic E-state index is 0.0359. The second kappa shape index (κ2) is 9.12. The van der Waals surface area contributed by atoms with E-state index in [9.17, 15) is 9.90 Å². The first-order chi connectivity index (χ1) is 16.7. The van der Waals surface area contributed by atoms with Crippen LogP contribution in [0.5, 0.6) is 5.75 Å². The van der Waals surface area contributed by atoms with Gasteiger partial charge in [-0.3, -0.25) is 4.90 Å². The Morgan fingerprint density at radius 3 is 2.57 bits per heavy atom. The van der Waals surface area contributed by atoms with Gasteiger partial charge in [0.15, 0.2) is 0 Å². The van der Waals surface area contributed by atoms with Gasteiger partial charge in [-0.1, -0.05) is 26.8 Å². The zero-order valence-electron chi connectivity index (χ0n) is 21.3. The van der Waals surface area contributed by atoms with E-state index in [1.54, 1.807) is 11.0 Å². The van der Waals surface area contributed by atoms with Crippen LogP contribution < -0.4 is 4.74 Å². The summed E-state index contributed by atoms with van der Waals surface area (Å²) in [6.45, 7) is 11.8. The molecule has 0 spiro atoms. The molecular formula is C29H37FN2O3. The molecule has 1 amide bonds. The zero-order chi connectivity index (χ0) is 24.9. The minimum atomic E-state index is -0.891. The number of nitrogens with zero attached hydrogens (tertiary/aromatic N) is 2. The first kappa shape index (κ1) is 24.1. The Kier molecular flexibility index (Phi) is 6.28. The normalized spacial score (nSPS) is 26.4. The Hall–Kier alpha value is -2.60. The summed E-state index contributed by atoms with van der Waals surface area (Å²) in [5, 5.41) is 10.4. The lowest BCUT2D eigenvalue weighted by Gasteiger charge is -2.51. The number of fused-ring (bicyclic) bond motifs is 4. The number of ether oxygens (including phenoxy) is 1. The van der Waals surface area contributed by atoms with Crippen LogP contribution in [-0.4, -0.2) is 53.3 Å². The summed E-state index contributed by atoms with van der Waals surface area (Å²) >= 11 is 0. The number of benzene rings is 2. The van der Waals surface area contributed by atoms with Crippen molar-refractivity contribution in [2.45, 2.75) is 65.5 Å². The number of rotatable bonds is 6. The summed E-state index contributed by atoms with van der Waals surface area (Å²) in [5.41, 5.74) is 3.93. The largest absolute Gasteiger partial charge is 0.493 e. The van der Waals surface area contributed by atoms with Gasteiger partial charge in [0.25, 0.3) is 0 Å². The average Bonchev–Trinajstić information content (AvgIpc) is 3.07. The van der Waals surface area contributed by atoms with E-state index >= 15 is 4.39 Å². The van der Waals surface area contributed by atoms with Gasteiger partial charge >= 0.3 is 6.09 Å². The number of hydrogen-bond acceptors (Lipinski definition) is 3. The highest BCUT2D eigenvalue weighted by Crippen LogP contribution is 2.52. The smallest absolute Gasteiger partial charge is 0.408 e. The maximum Gasteiger partial charge on any atom is 0.408 e. The summed E-state index contributed by atoms with van der Waals surface area (Å²) < 4.78 is 21.4. The molecule has 3 saturated heterocycles. The summed E-state index contributed by atoms with van der Waals surface area (Å²) in [7, 11) is 0. The molecule has 35 heavy (non-hydrogen) atoms. The molecule has 0 aromatic heterocycles. The van der Waals surface area contributed by atoms with E-state index < -0.39 is 6.09 Å². The van der Waals surface area contributed by atoms with Crippen LogP contribution in [-0.2, 0) is 6.42 Å². The van der Waals surface area contributed by atoms with Gasteiger partial charge in [-0.15, -0.1) is 0 Å². The van der Waals surface area contributed by atoms with Gasteiger partial charge in [0.1, 0.15) is 11.6 Å². The SMILES string of the molecule is CCCOc1ccc(-c2cc3c(cc2F)[C@H](N(C(=O)O)[C@@H]2CN4CCC2CC4)C(C)(C)C3)cc1C. The topological polar surface area (TPSA) is 53.0 Å². The average molecular weight is 481 g/mol. The van der Waals surface area contributed by atoms with Crippen LogP contribution in [0.2, 0.25) is 0 Å². The second-order valence-corrected chi connectivity index (χ2v) is 11.3. The van der Waals surface area contributed by atoms with Crippen molar-refractivity contribution in [3.8, 4) is 16.9 Å². The van der Waals surface area contributed by atoms with Gasteiger partial charge in [0.2, 0.25) is 0 Å². The minimum Gasteiger partial charge on any atom is -0.493 e. The molecule has 3 heterocycles. The molecule has 0 saturated carbocycles. The van der Waals surface area contributed by atoms with Gasteiger partial charge in [-0.2, -0.15) is 0 Å². The van der Waals surface area contributed by atoms with Gasteiger partial charge in [-0.05, 0) is 104 Å². The number of amides is 1. The molecule has 1 aliphatic carbocycles. The maximum absolute atomic E-state index is 15.6. The third-order valence-electron chi connectivity index (χ3n) is 8.34. The lowest BCUT2D eigenvalue weighted by molar-refractivity contribution is -0.0267. The van der Waals surface area contributed by atoms with Crippen molar-refractivity contribution in [1.82, 2.24) is 9.80 Å². The molecule has 3 aliphatic heterocycles. The van der Waals surface area contributed by atoms with E-state index in [0.29, 0.717) is 18.1 Å². The van der Waals surface area contributed by atoms with E-state index in [-0.39, 0.29) is 23.3 Å². The summed E-state index contributed by atoms with van der Waals surface area (Å²) in [6.07, 6.45) is 2.85. The molecular weight excluding hydrogens is 443 g/mol. The summed E-state index contributed by atoms with van der Waals surface area (Å²) in [5.74, 6) is 0.914. The van der Waals surface area contributed by atoms with Crippen LogP contribution in [0.1, 0.15) is 62.8 Å². The highest BCUT2D eigenvalue weighted by molar-refractivity contribution is 5.70. The highest BCUT2D eigenvalue weighted by Gasteiger charge is 2.50. The van der Waals surface area contributed by atoms with E-state index in [4.69, 9.17) is 4.74 Å². The number of halogens is 1. The Balaban J connectivity index is 1.51. The molecule has 2 aromatic carbocycles. The van der Waals surface area contributed by atoms with Crippen molar-refractivity contribution in [3.63, 3.8) is 0 Å². The molecule has 4 aliphatic rings. The zero-order valence-corrected chi connectivity index (χ0v) is 21.3. The molecule has 0 radical (unpaired) electrons. The molecule has 2 bridgehead atoms. The molecule has 0 unspecified atom stereocenters. The number of hydrogen-bond donors (Lipinski definition) is 1. The van der Waals surface area contributed by atoms with E-state index in [2.05, 4.69) is 25.7 Å². The Morgan fingerprint density at radius 2 is 1.97 bits per heavy atom. The standard InChI is InChI=1S/C29H37FN2O3/c1-5-12-35-26-7-6-20(13-18(26)2)22-14-21-16-29(3,4)27(23(21)15-24(22)30)32(28(33)34)25-17-31-10-8-19(25)9-11-31/h6-7,13-15,19,25,27H,5,8-12,16-17H2,1-4H3,(H,33,34)/t25-,27+/m1/s1. The second-order valence-electron chi connectivity index (χ2n) is 11.3. The predicted octanol–water partition coefficient (Wildman–Crippen LogP) is 6.29. The van der Waals surface area contributed by atoms with E-state index in [1.807, 2.05) is 31.2 Å². The Morgan fingerprint density at radius 1 is 1.23 bits per heavy atom. The van der Waals surface area contributed by atoms with Gasteiger partial charge in [-0.25, -0.2) is 9.18 Å². The molecule has 2 aromatic rings. The molecule has 3 fully saturated rings. The van der Waals surface area contributed by atoms with Crippen molar-refractivity contribution in [2.75, 3.05) is 26.2 Å². The van der Waals surface area contributed by atoms with E-state index in [1.165, 1.54) is 0 Å².